The maximum atomic E-state index is 5.69. The molecule has 0 atom stereocenters. The van der Waals surface area contributed by atoms with E-state index in [-0.39, 0.29) is 0 Å². The molecule has 96 valence electrons. The summed E-state index contributed by atoms with van der Waals surface area (Å²) in [6, 6.07) is 10.3. The van der Waals surface area contributed by atoms with Gasteiger partial charge in [-0.05, 0) is 19.1 Å². The van der Waals surface area contributed by atoms with Crippen LogP contribution in [0, 0.1) is 6.92 Å². The minimum Gasteiger partial charge on any atom is -0.350 e. The van der Waals surface area contributed by atoms with Gasteiger partial charge in [-0.15, -0.1) is 0 Å². The second kappa shape index (κ2) is 4.48. The van der Waals surface area contributed by atoms with E-state index in [1.165, 1.54) is 10.9 Å². The Morgan fingerprint density at radius 3 is 2.79 bits per heavy atom. The maximum absolute atomic E-state index is 5.69. The predicted octanol–water partition coefficient (Wildman–Crippen LogP) is 2.40. The molecule has 0 saturated heterocycles. The summed E-state index contributed by atoms with van der Waals surface area (Å²) in [5.41, 5.74) is 9.81. The first kappa shape index (κ1) is 11.9. The van der Waals surface area contributed by atoms with Crippen LogP contribution >= 0.6 is 0 Å². The molecule has 2 N–H and O–H groups in total. The van der Waals surface area contributed by atoms with Crippen molar-refractivity contribution in [2.45, 2.75) is 13.5 Å². The zero-order chi connectivity index (χ0) is 13.4. The first-order chi connectivity index (χ1) is 9.19. The van der Waals surface area contributed by atoms with E-state index in [4.69, 9.17) is 5.73 Å². The van der Waals surface area contributed by atoms with Crippen molar-refractivity contribution in [1.29, 1.82) is 0 Å². The van der Waals surface area contributed by atoms with Gasteiger partial charge in [0.05, 0.1) is 11.4 Å². The summed E-state index contributed by atoms with van der Waals surface area (Å²) >= 11 is 0. The minimum atomic E-state index is 0.432. The van der Waals surface area contributed by atoms with Crippen LogP contribution in [0.2, 0.25) is 0 Å². The van der Waals surface area contributed by atoms with E-state index in [1.54, 1.807) is 0 Å². The maximum Gasteiger partial charge on any atom is 0.126 e. The number of fused-ring (bicyclic) bond motifs is 1. The highest BCUT2D eigenvalue weighted by atomic mass is 14.9. The number of benzene rings is 1. The van der Waals surface area contributed by atoms with Gasteiger partial charge in [0.2, 0.25) is 0 Å². The number of hydrogen-bond donors (Lipinski definition) is 1. The Bertz CT molecular complexity index is 743. The van der Waals surface area contributed by atoms with Gasteiger partial charge in [0.15, 0.2) is 0 Å². The third-order valence-electron chi connectivity index (χ3n) is 3.27. The van der Waals surface area contributed by atoms with Gasteiger partial charge in [0.25, 0.3) is 0 Å². The number of nitrogens with two attached hydrogens (primary N) is 1. The molecule has 0 bridgehead atoms. The van der Waals surface area contributed by atoms with Gasteiger partial charge in [0, 0.05) is 36.3 Å². The Morgan fingerprint density at radius 1 is 1.21 bits per heavy atom. The largest absolute Gasteiger partial charge is 0.350 e. The highest BCUT2D eigenvalue weighted by Crippen LogP contribution is 2.29. The highest BCUT2D eigenvalue weighted by molar-refractivity contribution is 5.95. The molecule has 0 saturated carbocycles. The summed E-state index contributed by atoms with van der Waals surface area (Å²) in [5, 5.41) is 1.20. The Labute approximate surface area is 111 Å². The standard InChI is InChI=1S/C15H16N4/c1-10-17-11(8-16)7-14(18-10)13-9-19(2)15-6-4-3-5-12(13)15/h3-7,9H,8,16H2,1-2H3. The second-order valence-corrected chi connectivity index (χ2v) is 4.67. The van der Waals surface area contributed by atoms with E-state index in [0.717, 1.165) is 22.8 Å². The van der Waals surface area contributed by atoms with Crippen LogP contribution in [0.15, 0.2) is 36.5 Å². The van der Waals surface area contributed by atoms with E-state index in [2.05, 4.69) is 32.9 Å². The molecular formula is C15H16N4. The van der Waals surface area contributed by atoms with Crippen LogP contribution in [-0.2, 0) is 13.6 Å². The quantitative estimate of drug-likeness (QED) is 0.762. The first-order valence-electron chi connectivity index (χ1n) is 6.28. The molecule has 2 aromatic heterocycles. The van der Waals surface area contributed by atoms with Crippen molar-refractivity contribution in [3.8, 4) is 11.3 Å². The van der Waals surface area contributed by atoms with Crippen molar-refractivity contribution in [3.63, 3.8) is 0 Å². The normalized spacial score (nSPS) is 11.1. The second-order valence-electron chi connectivity index (χ2n) is 4.67. The lowest BCUT2D eigenvalue weighted by Gasteiger charge is -2.03. The van der Waals surface area contributed by atoms with E-state index in [9.17, 15) is 0 Å². The van der Waals surface area contributed by atoms with Crippen molar-refractivity contribution in [3.05, 3.63) is 48.0 Å². The molecule has 0 fully saturated rings. The third kappa shape index (κ3) is 2.00. The number of rotatable bonds is 2. The number of aryl methyl sites for hydroxylation is 2. The van der Waals surface area contributed by atoms with Crippen LogP contribution in [0.3, 0.4) is 0 Å². The molecule has 3 rings (SSSR count). The molecule has 4 heteroatoms. The average molecular weight is 252 g/mol. The third-order valence-corrected chi connectivity index (χ3v) is 3.27. The Morgan fingerprint density at radius 2 is 2.00 bits per heavy atom. The molecule has 0 aliphatic heterocycles. The van der Waals surface area contributed by atoms with Crippen LogP contribution in [0.1, 0.15) is 11.5 Å². The molecule has 2 heterocycles. The highest BCUT2D eigenvalue weighted by Gasteiger charge is 2.10. The van der Waals surface area contributed by atoms with Crippen molar-refractivity contribution in [2.75, 3.05) is 0 Å². The van der Waals surface area contributed by atoms with E-state index in [1.807, 2.05) is 32.2 Å². The van der Waals surface area contributed by atoms with Crippen molar-refractivity contribution in [1.82, 2.24) is 14.5 Å². The lowest BCUT2D eigenvalue weighted by atomic mass is 10.1. The topological polar surface area (TPSA) is 56.7 Å². The van der Waals surface area contributed by atoms with Gasteiger partial charge < -0.3 is 10.3 Å². The SMILES string of the molecule is Cc1nc(CN)cc(-c2cn(C)c3ccccc23)n1. The summed E-state index contributed by atoms with van der Waals surface area (Å²) in [6.07, 6.45) is 2.10. The van der Waals surface area contributed by atoms with Gasteiger partial charge >= 0.3 is 0 Å². The van der Waals surface area contributed by atoms with Crippen LogP contribution < -0.4 is 5.73 Å². The fourth-order valence-electron chi connectivity index (χ4n) is 2.42. The van der Waals surface area contributed by atoms with E-state index < -0.39 is 0 Å². The molecular weight excluding hydrogens is 236 g/mol. The Balaban J connectivity index is 2.27. The van der Waals surface area contributed by atoms with Gasteiger partial charge in [0.1, 0.15) is 5.82 Å². The van der Waals surface area contributed by atoms with Crippen LogP contribution in [-0.4, -0.2) is 14.5 Å². The average Bonchev–Trinajstić information content (AvgIpc) is 2.76. The number of hydrogen-bond acceptors (Lipinski definition) is 3. The monoisotopic (exact) mass is 252 g/mol. The van der Waals surface area contributed by atoms with Crippen molar-refractivity contribution in [2.24, 2.45) is 12.8 Å². The first-order valence-corrected chi connectivity index (χ1v) is 6.28. The smallest absolute Gasteiger partial charge is 0.126 e. The van der Waals surface area contributed by atoms with Crippen molar-refractivity contribution >= 4 is 10.9 Å². The van der Waals surface area contributed by atoms with Crippen LogP contribution in [0.25, 0.3) is 22.2 Å². The molecule has 0 unspecified atom stereocenters. The van der Waals surface area contributed by atoms with Crippen LogP contribution in [0.5, 0.6) is 0 Å². The number of aromatic nitrogens is 3. The molecule has 0 aliphatic carbocycles. The minimum absolute atomic E-state index is 0.432. The molecule has 3 aromatic rings. The zero-order valence-electron chi connectivity index (χ0n) is 11.1. The lowest BCUT2D eigenvalue weighted by Crippen LogP contribution is -2.03. The van der Waals surface area contributed by atoms with Gasteiger partial charge in [-0.25, -0.2) is 9.97 Å². The predicted molar refractivity (Wildman–Crippen MR) is 76.6 cm³/mol. The summed E-state index contributed by atoms with van der Waals surface area (Å²) < 4.78 is 2.12. The molecule has 0 amide bonds. The van der Waals surface area contributed by atoms with Crippen molar-refractivity contribution < 1.29 is 0 Å². The molecule has 0 radical (unpaired) electrons. The van der Waals surface area contributed by atoms with E-state index >= 15 is 0 Å². The summed E-state index contributed by atoms with van der Waals surface area (Å²) in [6.45, 7) is 2.33. The lowest BCUT2D eigenvalue weighted by molar-refractivity contribution is 0.927. The molecule has 0 aliphatic rings. The molecule has 1 aromatic carbocycles. The molecule has 4 nitrogen and oxygen atoms in total. The fraction of sp³-hybridized carbons (Fsp3) is 0.200. The Kier molecular flexibility index (Phi) is 2.80. The van der Waals surface area contributed by atoms with E-state index in [0.29, 0.717) is 6.54 Å². The van der Waals surface area contributed by atoms with Gasteiger partial charge in [-0.1, -0.05) is 18.2 Å². The summed E-state index contributed by atoms with van der Waals surface area (Å²) in [7, 11) is 2.05. The Hall–Kier alpha value is -2.20. The summed E-state index contributed by atoms with van der Waals surface area (Å²) in [5.74, 6) is 0.755. The molecule has 19 heavy (non-hydrogen) atoms. The van der Waals surface area contributed by atoms with Crippen LogP contribution in [0.4, 0.5) is 0 Å². The summed E-state index contributed by atoms with van der Waals surface area (Å²) in [4.78, 5) is 8.86. The zero-order valence-corrected chi connectivity index (χ0v) is 11.1. The number of nitrogens with zero attached hydrogens (tertiary/aromatic N) is 3. The number of para-hydroxylation sites is 1. The molecule has 0 spiro atoms. The van der Waals surface area contributed by atoms with Gasteiger partial charge in [-0.2, -0.15) is 0 Å². The fourth-order valence-corrected chi connectivity index (χ4v) is 2.42. The van der Waals surface area contributed by atoms with Gasteiger partial charge in [-0.3, -0.25) is 0 Å².